The predicted molar refractivity (Wildman–Crippen MR) is 123 cm³/mol. The van der Waals surface area contributed by atoms with Gasteiger partial charge in [0.15, 0.2) is 5.65 Å². The number of nitrogens with one attached hydrogen (secondary N) is 1. The molecule has 4 aromatic rings. The van der Waals surface area contributed by atoms with Crippen molar-refractivity contribution in [2.75, 3.05) is 5.32 Å². The van der Waals surface area contributed by atoms with Crippen LogP contribution < -0.4 is 5.32 Å². The maximum Gasteiger partial charge on any atom is 0.256 e. The topological polar surface area (TPSA) is 72.2 Å². The van der Waals surface area contributed by atoms with Crippen molar-refractivity contribution in [1.29, 1.82) is 0 Å². The Kier molecular flexibility index (Phi) is 5.22. The highest BCUT2D eigenvalue weighted by Gasteiger charge is 2.14. The summed E-state index contributed by atoms with van der Waals surface area (Å²) < 4.78 is 1.75. The van der Waals surface area contributed by atoms with Crippen molar-refractivity contribution in [2.24, 2.45) is 0 Å². The Morgan fingerprint density at radius 3 is 2.88 bits per heavy atom. The first-order chi connectivity index (χ1) is 15.7. The molecule has 0 saturated heterocycles. The lowest BCUT2D eigenvalue weighted by atomic mass is 10.0. The highest BCUT2D eigenvalue weighted by Crippen LogP contribution is 2.28. The number of hydrogen-bond donors (Lipinski definition) is 1. The minimum Gasteiger partial charge on any atom is -0.307 e. The van der Waals surface area contributed by atoms with Crippen LogP contribution in [0.15, 0.2) is 73.2 Å². The lowest BCUT2D eigenvalue weighted by Crippen LogP contribution is -2.13. The molecule has 0 bridgehead atoms. The first kappa shape index (κ1) is 19.7. The Morgan fingerprint density at radius 2 is 2.06 bits per heavy atom. The molecule has 1 aliphatic carbocycles. The van der Waals surface area contributed by atoms with E-state index in [-0.39, 0.29) is 5.91 Å². The van der Waals surface area contributed by atoms with Gasteiger partial charge in [-0.2, -0.15) is 5.10 Å². The zero-order valence-corrected chi connectivity index (χ0v) is 17.6. The van der Waals surface area contributed by atoms with Crippen LogP contribution >= 0.6 is 0 Å². The van der Waals surface area contributed by atoms with Gasteiger partial charge in [0.1, 0.15) is 11.5 Å². The first-order valence-electron chi connectivity index (χ1n) is 10.5. The normalized spacial score (nSPS) is 14.8. The summed E-state index contributed by atoms with van der Waals surface area (Å²) in [5, 5.41) is 7.36. The third kappa shape index (κ3) is 4.01. The lowest BCUT2D eigenvalue weighted by molar-refractivity contribution is 0.102. The van der Waals surface area contributed by atoms with Crippen LogP contribution in [0.2, 0.25) is 0 Å². The van der Waals surface area contributed by atoms with Crippen LogP contribution in [-0.2, 0) is 0 Å². The van der Waals surface area contributed by atoms with E-state index in [1.54, 1.807) is 41.2 Å². The fourth-order valence-electron chi connectivity index (χ4n) is 3.74. The highest BCUT2D eigenvalue weighted by atomic mass is 16.1. The van der Waals surface area contributed by atoms with E-state index >= 15 is 0 Å². The molecule has 3 aromatic heterocycles. The van der Waals surface area contributed by atoms with Gasteiger partial charge in [0, 0.05) is 23.2 Å². The van der Waals surface area contributed by atoms with E-state index < -0.39 is 0 Å². The Balaban J connectivity index is 1.40. The van der Waals surface area contributed by atoms with Crippen molar-refractivity contribution >= 4 is 17.4 Å². The number of benzene rings is 1. The molecule has 32 heavy (non-hydrogen) atoms. The minimum atomic E-state index is -0.225. The van der Waals surface area contributed by atoms with Crippen LogP contribution in [0.3, 0.4) is 0 Å². The van der Waals surface area contributed by atoms with E-state index in [1.807, 2.05) is 25.3 Å². The molecule has 1 aromatic carbocycles. The summed E-state index contributed by atoms with van der Waals surface area (Å²) in [6.45, 7) is 1.97. The maximum atomic E-state index is 12.6. The van der Waals surface area contributed by atoms with Crippen LogP contribution in [0.25, 0.3) is 5.65 Å². The Labute approximate surface area is 186 Å². The molecule has 0 spiro atoms. The zero-order valence-electron chi connectivity index (χ0n) is 17.6. The minimum absolute atomic E-state index is 0.225. The van der Waals surface area contributed by atoms with Crippen LogP contribution in [0.1, 0.15) is 51.5 Å². The zero-order chi connectivity index (χ0) is 21.9. The lowest BCUT2D eigenvalue weighted by Gasteiger charge is -2.07. The Bertz CT molecular complexity index is 1390. The smallest absolute Gasteiger partial charge is 0.256 e. The van der Waals surface area contributed by atoms with E-state index in [0.29, 0.717) is 23.0 Å². The van der Waals surface area contributed by atoms with Gasteiger partial charge >= 0.3 is 0 Å². The van der Waals surface area contributed by atoms with E-state index in [0.717, 1.165) is 29.6 Å². The van der Waals surface area contributed by atoms with Gasteiger partial charge in [0.2, 0.25) is 0 Å². The quantitative estimate of drug-likeness (QED) is 0.392. The first-order valence-corrected chi connectivity index (χ1v) is 10.5. The largest absolute Gasteiger partial charge is 0.307 e. The summed E-state index contributed by atoms with van der Waals surface area (Å²) in [5.41, 5.74) is 4.96. The van der Waals surface area contributed by atoms with Crippen molar-refractivity contribution < 1.29 is 4.79 Å². The van der Waals surface area contributed by atoms with Crippen molar-refractivity contribution in [3.05, 3.63) is 101 Å². The second-order valence-corrected chi connectivity index (χ2v) is 7.76. The van der Waals surface area contributed by atoms with Gasteiger partial charge in [-0.15, -0.1) is 0 Å². The fraction of sp³-hybridized carbons (Fsp3) is 0.154. The van der Waals surface area contributed by atoms with Crippen molar-refractivity contribution in [2.45, 2.75) is 25.7 Å². The van der Waals surface area contributed by atoms with E-state index in [1.165, 1.54) is 5.56 Å². The van der Waals surface area contributed by atoms with E-state index in [2.05, 4.69) is 50.4 Å². The van der Waals surface area contributed by atoms with Gasteiger partial charge < -0.3 is 5.32 Å². The SMILES string of the molecule is Cc1ccc(C(=O)Nc2ccccn2)cc1C#Cc1cnc2cc(C3C=CCC3)cnn12. The molecular weight excluding hydrogens is 398 g/mol. The molecule has 6 heteroatoms. The number of allylic oxidation sites excluding steroid dienone is 2. The van der Waals surface area contributed by atoms with Crippen LogP contribution in [0.4, 0.5) is 5.82 Å². The summed E-state index contributed by atoms with van der Waals surface area (Å²) in [5.74, 6) is 7.04. The monoisotopic (exact) mass is 419 g/mol. The van der Waals surface area contributed by atoms with E-state index in [4.69, 9.17) is 0 Å². The van der Waals surface area contributed by atoms with Crippen molar-refractivity contribution in [3.63, 3.8) is 0 Å². The summed E-state index contributed by atoms with van der Waals surface area (Å²) in [4.78, 5) is 21.2. The number of pyridine rings is 1. The summed E-state index contributed by atoms with van der Waals surface area (Å²) >= 11 is 0. The number of carbonyl (C=O) groups excluding carboxylic acids is 1. The molecule has 0 saturated carbocycles. The molecule has 1 atom stereocenters. The standard InChI is InChI=1S/C26H21N5O/c1-18-9-10-21(26(32)30-24-8-4-5-13-27-24)14-20(18)11-12-23-17-28-25-15-22(16-29-31(23)25)19-6-2-3-7-19/h2,4-6,8-10,13-17,19H,3,7H2,1H3,(H,27,30,32). The third-order valence-corrected chi connectivity index (χ3v) is 5.55. The number of nitrogens with zero attached hydrogens (tertiary/aromatic N) is 4. The second kappa shape index (κ2) is 8.48. The number of imidazole rings is 1. The number of anilines is 1. The molecule has 0 aliphatic heterocycles. The molecule has 3 heterocycles. The molecule has 1 N–H and O–H groups in total. The molecule has 1 amide bonds. The molecule has 1 unspecified atom stereocenters. The van der Waals surface area contributed by atoms with E-state index in [9.17, 15) is 4.79 Å². The Morgan fingerprint density at radius 1 is 1.12 bits per heavy atom. The van der Waals surface area contributed by atoms with Gasteiger partial charge in [-0.25, -0.2) is 14.5 Å². The number of aromatic nitrogens is 4. The van der Waals surface area contributed by atoms with Crippen LogP contribution in [0.5, 0.6) is 0 Å². The number of fused-ring (bicyclic) bond motifs is 1. The number of hydrogen-bond acceptors (Lipinski definition) is 4. The number of rotatable bonds is 3. The van der Waals surface area contributed by atoms with Crippen LogP contribution in [0, 0.1) is 18.8 Å². The second-order valence-electron chi connectivity index (χ2n) is 7.76. The van der Waals surface area contributed by atoms with Crippen LogP contribution in [-0.4, -0.2) is 25.5 Å². The van der Waals surface area contributed by atoms with Gasteiger partial charge in [-0.1, -0.05) is 30.2 Å². The van der Waals surface area contributed by atoms with Gasteiger partial charge in [0.05, 0.1) is 12.4 Å². The molecule has 0 fully saturated rings. The number of aryl methyl sites for hydroxylation is 1. The Hall–Kier alpha value is -4.24. The molecule has 6 nitrogen and oxygen atoms in total. The highest BCUT2D eigenvalue weighted by molar-refractivity contribution is 6.04. The number of amides is 1. The maximum absolute atomic E-state index is 12.6. The van der Waals surface area contributed by atoms with Gasteiger partial charge in [-0.3, -0.25) is 4.79 Å². The molecule has 156 valence electrons. The third-order valence-electron chi connectivity index (χ3n) is 5.55. The summed E-state index contributed by atoms with van der Waals surface area (Å²) in [6.07, 6.45) is 11.9. The van der Waals surface area contributed by atoms with Crippen molar-refractivity contribution in [1.82, 2.24) is 19.6 Å². The molecule has 5 rings (SSSR count). The molecular formula is C26H21N5O. The predicted octanol–water partition coefficient (Wildman–Crippen LogP) is 4.52. The number of carbonyl (C=O) groups is 1. The fourth-order valence-corrected chi connectivity index (χ4v) is 3.74. The van der Waals surface area contributed by atoms with Crippen molar-refractivity contribution in [3.8, 4) is 11.8 Å². The molecule has 0 radical (unpaired) electrons. The summed E-state index contributed by atoms with van der Waals surface area (Å²) in [7, 11) is 0. The van der Waals surface area contributed by atoms with Gasteiger partial charge in [0.25, 0.3) is 5.91 Å². The average Bonchev–Trinajstić information content (AvgIpc) is 3.49. The molecule has 1 aliphatic rings. The average molecular weight is 419 g/mol. The summed E-state index contributed by atoms with van der Waals surface area (Å²) in [6, 6.07) is 12.9. The van der Waals surface area contributed by atoms with Gasteiger partial charge in [-0.05, 0) is 67.1 Å².